The third-order valence-corrected chi connectivity index (χ3v) is 3.97. The Labute approximate surface area is 126 Å². The molecule has 0 aliphatic heterocycles. The van der Waals surface area contributed by atoms with Gasteiger partial charge in [0.15, 0.2) is 0 Å². The van der Waals surface area contributed by atoms with E-state index in [2.05, 4.69) is 52.2 Å². The van der Waals surface area contributed by atoms with Gasteiger partial charge < -0.3 is 5.11 Å². The average Bonchev–Trinajstić information content (AvgIpc) is 2.65. The fraction of sp³-hybridized carbons (Fsp3) is 0.333. The van der Waals surface area contributed by atoms with Crippen LogP contribution in [0.4, 0.5) is 0 Å². The van der Waals surface area contributed by atoms with Crippen LogP contribution < -0.4 is 0 Å². The minimum Gasteiger partial charge on any atom is -0.481 e. The van der Waals surface area contributed by atoms with Crippen LogP contribution in [0.25, 0.3) is 11.3 Å². The van der Waals surface area contributed by atoms with Gasteiger partial charge in [0.1, 0.15) is 0 Å². The maximum atomic E-state index is 10.8. The molecule has 20 heavy (non-hydrogen) atoms. The normalized spacial score (nSPS) is 10.8. The van der Waals surface area contributed by atoms with Crippen molar-refractivity contribution < 1.29 is 9.90 Å². The standard InChI is InChI=1S/C15H17BrN2O2/c1-3-4-10-5-7-11(8-6-10)15-14(16)12(9-13(19)20)17-18(15)2/h5-8H,3-4,9H2,1-2H3,(H,19,20). The van der Waals surface area contributed by atoms with Crippen LogP contribution >= 0.6 is 15.9 Å². The molecular weight excluding hydrogens is 320 g/mol. The van der Waals surface area contributed by atoms with Crippen LogP contribution in [0.5, 0.6) is 0 Å². The molecule has 106 valence electrons. The molecule has 1 heterocycles. The number of carboxylic acids is 1. The van der Waals surface area contributed by atoms with E-state index in [-0.39, 0.29) is 6.42 Å². The molecule has 0 radical (unpaired) electrons. The zero-order chi connectivity index (χ0) is 14.7. The summed E-state index contributed by atoms with van der Waals surface area (Å²) in [5.74, 6) is -0.881. The molecule has 2 aromatic rings. The highest BCUT2D eigenvalue weighted by atomic mass is 79.9. The van der Waals surface area contributed by atoms with Crippen molar-refractivity contribution in [1.29, 1.82) is 0 Å². The molecule has 1 aromatic heterocycles. The van der Waals surface area contributed by atoms with Gasteiger partial charge in [0, 0.05) is 12.6 Å². The van der Waals surface area contributed by atoms with E-state index < -0.39 is 5.97 Å². The summed E-state index contributed by atoms with van der Waals surface area (Å²) in [6.45, 7) is 2.16. The van der Waals surface area contributed by atoms with E-state index in [4.69, 9.17) is 5.11 Å². The Kier molecular flexibility index (Phi) is 4.60. The summed E-state index contributed by atoms with van der Waals surface area (Å²) in [5.41, 5.74) is 3.79. The maximum Gasteiger partial charge on any atom is 0.309 e. The number of hydrogen-bond donors (Lipinski definition) is 1. The van der Waals surface area contributed by atoms with Crippen molar-refractivity contribution in [2.75, 3.05) is 0 Å². The Morgan fingerprint density at radius 2 is 2.00 bits per heavy atom. The minimum atomic E-state index is -0.881. The molecule has 0 bridgehead atoms. The Bertz CT molecular complexity index is 618. The molecule has 1 aromatic carbocycles. The molecular formula is C15H17BrN2O2. The van der Waals surface area contributed by atoms with Crippen LogP contribution in [0.3, 0.4) is 0 Å². The van der Waals surface area contributed by atoms with E-state index in [0.717, 1.165) is 28.6 Å². The van der Waals surface area contributed by atoms with E-state index in [1.165, 1.54) is 5.56 Å². The number of aliphatic carboxylic acids is 1. The summed E-state index contributed by atoms with van der Waals surface area (Å²) >= 11 is 3.47. The molecule has 0 unspecified atom stereocenters. The molecule has 0 fully saturated rings. The highest BCUT2D eigenvalue weighted by Gasteiger charge is 2.17. The van der Waals surface area contributed by atoms with Crippen molar-refractivity contribution in [1.82, 2.24) is 9.78 Å². The molecule has 0 spiro atoms. The van der Waals surface area contributed by atoms with Crippen molar-refractivity contribution in [2.24, 2.45) is 7.05 Å². The summed E-state index contributed by atoms with van der Waals surface area (Å²) in [6, 6.07) is 8.32. The van der Waals surface area contributed by atoms with Crippen molar-refractivity contribution >= 4 is 21.9 Å². The van der Waals surface area contributed by atoms with Gasteiger partial charge in [0.2, 0.25) is 0 Å². The quantitative estimate of drug-likeness (QED) is 0.909. The number of carbonyl (C=O) groups is 1. The van der Waals surface area contributed by atoms with Crippen LogP contribution in [-0.2, 0) is 24.7 Å². The zero-order valence-corrected chi connectivity index (χ0v) is 13.1. The van der Waals surface area contributed by atoms with E-state index in [0.29, 0.717) is 5.69 Å². The second-order valence-electron chi connectivity index (χ2n) is 4.75. The van der Waals surface area contributed by atoms with Gasteiger partial charge in [-0.25, -0.2) is 0 Å². The fourth-order valence-electron chi connectivity index (χ4n) is 2.24. The number of hydrogen-bond acceptors (Lipinski definition) is 2. The first-order valence-corrected chi connectivity index (χ1v) is 7.34. The summed E-state index contributed by atoms with van der Waals surface area (Å²) < 4.78 is 2.47. The molecule has 2 rings (SSSR count). The second kappa shape index (κ2) is 6.22. The molecule has 5 heteroatoms. The van der Waals surface area contributed by atoms with Gasteiger partial charge in [-0.2, -0.15) is 5.10 Å². The van der Waals surface area contributed by atoms with Gasteiger partial charge in [-0.05, 0) is 27.9 Å². The molecule has 1 N–H and O–H groups in total. The van der Waals surface area contributed by atoms with Crippen molar-refractivity contribution in [3.8, 4) is 11.3 Å². The summed E-state index contributed by atoms with van der Waals surface area (Å²) in [7, 11) is 1.82. The molecule has 0 aliphatic rings. The first-order chi connectivity index (χ1) is 9.52. The van der Waals surface area contributed by atoms with Crippen LogP contribution in [0.1, 0.15) is 24.6 Å². The Morgan fingerprint density at radius 1 is 1.35 bits per heavy atom. The Balaban J connectivity index is 2.37. The third-order valence-electron chi connectivity index (χ3n) is 3.14. The highest BCUT2D eigenvalue weighted by Crippen LogP contribution is 2.31. The largest absolute Gasteiger partial charge is 0.481 e. The number of benzene rings is 1. The maximum absolute atomic E-state index is 10.8. The second-order valence-corrected chi connectivity index (χ2v) is 5.54. The molecule has 0 saturated carbocycles. The van der Waals surface area contributed by atoms with Crippen LogP contribution in [0, 0.1) is 0 Å². The molecule has 4 nitrogen and oxygen atoms in total. The minimum absolute atomic E-state index is 0.0810. The van der Waals surface area contributed by atoms with Crippen molar-refractivity contribution in [2.45, 2.75) is 26.2 Å². The number of halogens is 1. The predicted molar refractivity (Wildman–Crippen MR) is 81.7 cm³/mol. The Morgan fingerprint density at radius 3 is 2.55 bits per heavy atom. The zero-order valence-electron chi connectivity index (χ0n) is 11.6. The number of carboxylic acid groups (broad SMARTS) is 1. The number of aromatic nitrogens is 2. The number of aryl methyl sites for hydroxylation is 2. The molecule has 0 atom stereocenters. The van der Waals surface area contributed by atoms with Crippen molar-refractivity contribution in [3.63, 3.8) is 0 Å². The van der Waals surface area contributed by atoms with E-state index in [9.17, 15) is 4.79 Å². The SMILES string of the molecule is CCCc1ccc(-c2c(Br)c(CC(=O)O)nn2C)cc1. The number of rotatable bonds is 5. The van der Waals surface area contributed by atoms with Gasteiger partial charge in [-0.15, -0.1) is 0 Å². The van der Waals surface area contributed by atoms with Gasteiger partial charge in [0.05, 0.1) is 22.3 Å². The molecule has 0 saturated heterocycles. The lowest BCUT2D eigenvalue weighted by atomic mass is 10.1. The van der Waals surface area contributed by atoms with E-state index in [1.807, 2.05) is 7.05 Å². The summed E-state index contributed by atoms with van der Waals surface area (Å²) in [5, 5.41) is 13.2. The van der Waals surface area contributed by atoms with Gasteiger partial charge in [0.25, 0.3) is 0 Å². The molecule has 0 amide bonds. The number of nitrogens with zero attached hydrogens (tertiary/aromatic N) is 2. The van der Waals surface area contributed by atoms with Crippen LogP contribution in [-0.4, -0.2) is 20.9 Å². The van der Waals surface area contributed by atoms with Crippen LogP contribution in [0.15, 0.2) is 28.7 Å². The monoisotopic (exact) mass is 336 g/mol. The fourth-order valence-corrected chi connectivity index (χ4v) is 2.95. The van der Waals surface area contributed by atoms with E-state index >= 15 is 0 Å². The van der Waals surface area contributed by atoms with Gasteiger partial charge >= 0.3 is 5.97 Å². The third kappa shape index (κ3) is 3.10. The van der Waals surface area contributed by atoms with Gasteiger partial charge in [-0.1, -0.05) is 37.6 Å². The predicted octanol–water partition coefficient (Wildman–Crippen LogP) is 3.43. The average molecular weight is 337 g/mol. The lowest BCUT2D eigenvalue weighted by Gasteiger charge is -2.05. The van der Waals surface area contributed by atoms with E-state index in [1.54, 1.807) is 4.68 Å². The molecule has 0 aliphatic carbocycles. The lowest BCUT2D eigenvalue weighted by Crippen LogP contribution is -2.02. The first-order valence-electron chi connectivity index (χ1n) is 6.55. The van der Waals surface area contributed by atoms with Crippen LogP contribution in [0.2, 0.25) is 0 Å². The first kappa shape index (κ1) is 14.8. The summed E-state index contributed by atoms with van der Waals surface area (Å²) in [6.07, 6.45) is 2.11. The topological polar surface area (TPSA) is 55.1 Å². The highest BCUT2D eigenvalue weighted by molar-refractivity contribution is 9.10. The Hall–Kier alpha value is -1.62. The lowest BCUT2D eigenvalue weighted by molar-refractivity contribution is -0.136. The smallest absolute Gasteiger partial charge is 0.309 e. The van der Waals surface area contributed by atoms with Crippen molar-refractivity contribution in [3.05, 3.63) is 40.0 Å². The summed E-state index contributed by atoms with van der Waals surface area (Å²) in [4.78, 5) is 10.8. The van der Waals surface area contributed by atoms with Gasteiger partial charge in [-0.3, -0.25) is 9.48 Å².